The van der Waals surface area contributed by atoms with Crippen LogP contribution in [0, 0.1) is 23.0 Å². The SMILES string of the molecule is COC(=O)CC=Cc1cc(F)c(C#N)c(F)c1. The van der Waals surface area contributed by atoms with E-state index in [1.165, 1.54) is 25.3 Å². The number of carbonyl (C=O) groups is 1. The molecule has 0 aromatic heterocycles. The number of halogens is 2. The molecule has 0 fully saturated rings. The van der Waals surface area contributed by atoms with Gasteiger partial charge >= 0.3 is 5.97 Å². The molecule has 1 rings (SSSR count). The zero-order valence-corrected chi connectivity index (χ0v) is 9.04. The summed E-state index contributed by atoms with van der Waals surface area (Å²) >= 11 is 0. The maximum atomic E-state index is 13.2. The topological polar surface area (TPSA) is 50.1 Å². The predicted octanol–water partition coefficient (Wildman–Crippen LogP) is 2.41. The van der Waals surface area contributed by atoms with Crippen LogP contribution < -0.4 is 0 Å². The summed E-state index contributed by atoms with van der Waals surface area (Å²) in [4.78, 5) is 10.8. The van der Waals surface area contributed by atoms with Gasteiger partial charge in [0.15, 0.2) is 0 Å². The van der Waals surface area contributed by atoms with Gasteiger partial charge in [-0.3, -0.25) is 4.79 Å². The van der Waals surface area contributed by atoms with Gasteiger partial charge < -0.3 is 4.74 Å². The van der Waals surface area contributed by atoms with Gasteiger partial charge in [-0.1, -0.05) is 12.2 Å². The first kappa shape index (κ1) is 12.8. The second-order valence-electron chi connectivity index (χ2n) is 3.15. The molecule has 0 heterocycles. The highest BCUT2D eigenvalue weighted by molar-refractivity contribution is 5.72. The Balaban J connectivity index is 2.88. The second-order valence-corrected chi connectivity index (χ2v) is 3.15. The zero-order valence-electron chi connectivity index (χ0n) is 9.04. The van der Waals surface area contributed by atoms with Gasteiger partial charge in [-0.25, -0.2) is 8.78 Å². The van der Waals surface area contributed by atoms with Crippen molar-refractivity contribution in [2.45, 2.75) is 6.42 Å². The van der Waals surface area contributed by atoms with Gasteiger partial charge in [0.25, 0.3) is 0 Å². The van der Waals surface area contributed by atoms with E-state index in [1.807, 2.05) is 0 Å². The van der Waals surface area contributed by atoms with Gasteiger partial charge in [0.2, 0.25) is 0 Å². The lowest BCUT2D eigenvalue weighted by Crippen LogP contribution is -1.96. The molecule has 0 aliphatic carbocycles. The molecular weight excluding hydrogens is 228 g/mol. The Kier molecular flexibility index (Phi) is 4.35. The predicted molar refractivity (Wildman–Crippen MR) is 56.7 cm³/mol. The van der Waals surface area contributed by atoms with Crippen LogP contribution in [0.15, 0.2) is 18.2 Å². The van der Waals surface area contributed by atoms with Crippen LogP contribution in [0.1, 0.15) is 17.5 Å². The van der Waals surface area contributed by atoms with Crippen molar-refractivity contribution < 1.29 is 18.3 Å². The number of methoxy groups -OCH3 is 1. The van der Waals surface area contributed by atoms with Crippen molar-refractivity contribution in [1.29, 1.82) is 5.26 Å². The molecule has 3 nitrogen and oxygen atoms in total. The Morgan fingerprint density at radius 3 is 2.53 bits per heavy atom. The molecule has 1 aromatic carbocycles. The van der Waals surface area contributed by atoms with Crippen LogP contribution >= 0.6 is 0 Å². The molecule has 0 radical (unpaired) electrons. The molecule has 17 heavy (non-hydrogen) atoms. The number of rotatable bonds is 3. The van der Waals surface area contributed by atoms with Gasteiger partial charge in [0.1, 0.15) is 23.3 Å². The molecule has 88 valence electrons. The van der Waals surface area contributed by atoms with Crippen LogP contribution in [0.5, 0.6) is 0 Å². The summed E-state index contributed by atoms with van der Waals surface area (Å²) in [5.74, 6) is -2.30. The van der Waals surface area contributed by atoms with E-state index < -0.39 is 23.2 Å². The van der Waals surface area contributed by atoms with E-state index in [1.54, 1.807) is 0 Å². The fourth-order valence-corrected chi connectivity index (χ4v) is 1.17. The number of nitriles is 1. The number of benzene rings is 1. The van der Waals surface area contributed by atoms with Crippen molar-refractivity contribution in [1.82, 2.24) is 0 Å². The minimum atomic E-state index is -0.926. The second kappa shape index (κ2) is 5.75. The molecule has 0 aliphatic rings. The third-order valence-electron chi connectivity index (χ3n) is 2.00. The molecule has 1 aromatic rings. The average Bonchev–Trinajstić information content (AvgIpc) is 2.28. The van der Waals surface area contributed by atoms with Crippen LogP contribution in [0.25, 0.3) is 6.08 Å². The Morgan fingerprint density at radius 1 is 1.47 bits per heavy atom. The normalized spacial score (nSPS) is 10.2. The fourth-order valence-electron chi connectivity index (χ4n) is 1.17. The van der Waals surface area contributed by atoms with Gasteiger partial charge in [0, 0.05) is 0 Å². The van der Waals surface area contributed by atoms with Crippen LogP contribution in [0.3, 0.4) is 0 Å². The lowest BCUT2D eigenvalue weighted by atomic mass is 10.1. The smallest absolute Gasteiger partial charge is 0.309 e. The standard InChI is InChI=1S/C12H9F2NO2/c1-17-12(16)4-2-3-8-5-10(13)9(7-15)11(14)6-8/h2-3,5-6H,4H2,1H3. The minimum Gasteiger partial charge on any atom is -0.469 e. The molecule has 0 bridgehead atoms. The molecule has 0 aliphatic heterocycles. The highest BCUT2D eigenvalue weighted by atomic mass is 19.1. The molecule has 0 saturated carbocycles. The molecule has 0 spiro atoms. The monoisotopic (exact) mass is 237 g/mol. The Bertz CT molecular complexity index is 481. The fraction of sp³-hybridized carbons (Fsp3) is 0.167. The largest absolute Gasteiger partial charge is 0.469 e. The van der Waals surface area contributed by atoms with Gasteiger partial charge in [-0.15, -0.1) is 0 Å². The number of hydrogen-bond acceptors (Lipinski definition) is 3. The highest BCUT2D eigenvalue weighted by Gasteiger charge is 2.09. The lowest BCUT2D eigenvalue weighted by Gasteiger charge is -1.99. The van der Waals surface area contributed by atoms with Crippen molar-refractivity contribution >= 4 is 12.0 Å². The van der Waals surface area contributed by atoms with Crippen LogP contribution in [0.4, 0.5) is 8.78 Å². The third-order valence-corrected chi connectivity index (χ3v) is 2.00. The van der Waals surface area contributed by atoms with E-state index in [-0.39, 0.29) is 12.0 Å². The maximum Gasteiger partial charge on any atom is 0.309 e. The Hall–Kier alpha value is -2.22. The summed E-state index contributed by atoms with van der Waals surface area (Å²) in [7, 11) is 1.25. The first-order valence-corrected chi connectivity index (χ1v) is 4.71. The first-order chi connectivity index (χ1) is 8.08. The summed E-state index contributed by atoms with van der Waals surface area (Å²) in [6, 6.07) is 3.47. The van der Waals surface area contributed by atoms with Crippen molar-refractivity contribution in [2.75, 3.05) is 7.11 Å². The van der Waals surface area contributed by atoms with Crippen molar-refractivity contribution in [3.05, 3.63) is 41.0 Å². The number of nitrogens with zero attached hydrogens (tertiary/aromatic N) is 1. The molecule has 0 atom stereocenters. The average molecular weight is 237 g/mol. The summed E-state index contributed by atoms with van der Waals surface area (Å²) in [6.07, 6.45) is 2.82. The number of esters is 1. The van der Waals surface area contributed by atoms with E-state index in [0.717, 1.165) is 12.1 Å². The molecule has 0 amide bonds. The zero-order chi connectivity index (χ0) is 12.8. The summed E-state index contributed by atoms with van der Waals surface area (Å²) in [5.41, 5.74) is -0.377. The van der Waals surface area contributed by atoms with E-state index >= 15 is 0 Å². The van der Waals surface area contributed by atoms with Crippen molar-refractivity contribution in [3.63, 3.8) is 0 Å². The first-order valence-electron chi connectivity index (χ1n) is 4.71. The molecule has 0 unspecified atom stereocenters. The van der Waals surface area contributed by atoms with Gasteiger partial charge in [0.05, 0.1) is 13.5 Å². The Morgan fingerprint density at radius 2 is 2.06 bits per heavy atom. The van der Waals surface area contributed by atoms with Gasteiger partial charge in [-0.05, 0) is 17.7 Å². The highest BCUT2D eigenvalue weighted by Crippen LogP contribution is 2.15. The lowest BCUT2D eigenvalue weighted by molar-refractivity contribution is -0.139. The van der Waals surface area contributed by atoms with Gasteiger partial charge in [-0.2, -0.15) is 5.26 Å². The van der Waals surface area contributed by atoms with E-state index in [0.29, 0.717) is 0 Å². The minimum absolute atomic E-state index is 0.0136. The third kappa shape index (κ3) is 3.38. The van der Waals surface area contributed by atoms with E-state index in [2.05, 4.69) is 4.74 Å². The number of ether oxygens (including phenoxy) is 1. The molecular formula is C12H9F2NO2. The van der Waals surface area contributed by atoms with E-state index in [9.17, 15) is 13.6 Å². The summed E-state index contributed by atoms with van der Waals surface area (Å²) in [5, 5.41) is 8.46. The van der Waals surface area contributed by atoms with Crippen LogP contribution in [-0.2, 0) is 9.53 Å². The quantitative estimate of drug-likeness (QED) is 0.758. The molecule has 0 saturated heterocycles. The van der Waals surface area contributed by atoms with E-state index in [4.69, 9.17) is 5.26 Å². The molecule has 0 N–H and O–H groups in total. The Labute approximate surface area is 96.9 Å². The van der Waals surface area contributed by atoms with Crippen molar-refractivity contribution in [3.8, 4) is 6.07 Å². The number of hydrogen-bond donors (Lipinski definition) is 0. The van der Waals surface area contributed by atoms with Crippen LogP contribution in [0.2, 0.25) is 0 Å². The van der Waals surface area contributed by atoms with Crippen LogP contribution in [-0.4, -0.2) is 13.1 Å². The number of carbonyl (C=O) groups excluding carboxylic acids is 1. The summed E-state index contributed by atoms with van der Waals surface area (Å²) < 4.78 is 30.7. The maximum absolute atomic E-state index is 13.2. The summed E-state index contributed by atoms with van der Waals surface area (Å²) in [6.45, 7) is 0. The van der Waals surface area contributed by atoms with Crippen molar-refractivity contribution in [2.24, 2.45) is 0 Å². The molecule has 5 heteroatoms.